The van der Waals surface area contributed by atoms with E-state index in [4.69, 9.17) is 0 Å². The second kappa shape index (κ2) is 4.68. The van der Waals surface area contributed by atoms with Crippen molar-refractivity contribution in [2.75, 3.05) is 6.61 Å². The molecule has 0 aromatic heterocycles. The molecule has 0 radical (unpaired) electrons. The SMILES string of the molecule is CCOC(=O)c1c(C(F)(F)F)ccc(F)c1F. The highest BCUT2D eigenvalue weighted by atomic mass is 19.4. The Labute approximate surface area is 93.0 Å². The quantitative estimate of drug-likeness (QED) is 0.598. The Kier molecular flexibility index (Phi) is 3.69. The maximum Gasteiger partial charge on any atom is 0.417 e. The van der Waals surface area contributed by atoms with E-state index in [1.165, 1.54) is 6.92 Å². The van der Waals surface area contributed by atoms with Crippen molar-refractivity contribution in [2.45, 2.75) is 13.1 Å². The van der Waals surface area contributed by atoms with Crippen molar-refractivity contribution in [1.29, 1.82) is 0 Å². The number of alkyl halides is 3. The summed E-state index contributed by atoms with van der Waals surface area (Å²) in [5, 5.41) is 0. The van der Waals surface area contributed by atoms with Crippen molar-refractivity contribution in [1.82, 2.24) is 0 Å². The lowest BCUT2D eigenvalue weighted by Gasteiger charge is -2.12. The lowest BCUT2D eigenvalue weighted by Crippen LogP contribution is -2.18. The van der Waals surface area contributed by atoms with Crippen LogP contribution in [0.2, 0.25) is 0 Å². The maximum absolute atomic E-state index is 13.2. The molecule has 0 atom stereocenters. The number of rotatable bonds is 2. The zero-order valence-corrected chi connectivity index (χ0v) is 8.57. The van der Waals surface area contributed by atoms with E-state index < -0.39 is 34.9 Å². The summed E-state index contributed by atoms with van der Waals surface area (Å²) < 4.78 is 67.6. The Hall–Kier alpha value is -1.66. The summed E-state index contributed by atoms with van der Waals surface area (Å²) in [6, 6.07) is 0.603. The predicted molar refractivity (Wildman–Crippen MR) is 47.3 cm³/mol. The molecule has 1 aromatic carbocycles. The zero-order valence-electron chi connectivity index (χ0n) is 8.57. The van der Waals surface area contributed by atoms with Crippen LogP contribution in [0.25, 0.3) is 0 Å². The number of carbonyl (C=O) groups is 1. The fourth-order valence-corrected chi connectivity index (χ4v) is 1.19. The molecule has 0 heterocycles. The molecule has 0 N–H and O–H groups in total. The Morgan fingerprint density at radius 3 is 2.35 bits per heavy atom. The molecule has 0 aliphatic carbocycles. The number of esters is 1. The van der Waals surface area contributed by atoms with E-state index in [1.807, 2.05) is 0 Å². The highest BCUT2D eigenvalue weighted by Crippen LogP contribution is 2.34. The lowest BCUT2D eigenvalue weighted by molar-refractivity contribution is -0.138. The van der Waals surface area contributed by atoms with Gasteiger partial charge >= 0.3 is 12.1 Å². The van der Waals surface area contributed by atoms with Gasteiger partial charge < -0.3 is 4.74 Å². The average molecular weight is 254 g/mol. The molecule has 0 fully saturated rings. The second-order valence-corrected chi connectivity index (χ2v) is 3.00. The summed E-state index contributed by atoms with van der Waals surface area (Å²) in [7, 11) is 0. The largest absolute Gasteiger partial charge is 0.462 e. The lowest BCUT2D eigenvalue weighted by atomic mass is 10.1. The fraction of sp³-hybridized carbons (Fsp3) is 0.300. The minimum absolute atomic E-state index is 0.244. The van der Waals surface area contributed by atoms with E-state index in [1.54, 1.807) is 0 Å². The molecule has 1 rings (SSSR count). The van der Waals surface area contributed by atoms with Crippen LogP contribution in [0.5, 0.6) is 0 Å². The zero-order chi connectivity index (χ0) is 13.2. The highest BCUT2D eigenvalue weighted by Gasteiger charge is 2.38. The molecule has 2 nitrogen and oxygen atoms in total. The molecule has 0 aliphatic heterocycles. The summed E-state index contributed by atoms with van der Waals surface area (Å²) in [5.74, 6) is -4.95. The van der Waals surface area contributed by atoms with E-state index in [0.717, 1.165) is 0 Å². The van der Waals surface area contributed by atoms with E-state index in [9.17, 15) is 26.7 Å². The Balaban J connectivity index is 3.42. The highest BCUT2D eigenvalue weighted by molar-refractivity contribution is 5.91. The van der Waals surface area contributed by atoms with Gasteiger partial charge in [0, 0.05) is 0 Å². The minimum atomic E-state index is -4.96. The minimum Gasteiger partial charge on any atom is -0.462 e. The van der Waals surface area contributed by atoms with Crippen molar-refractivity contribution in [3.05, 3.63) is 34.9 Å². The molecule has 0 saturated carbocycles. The molecule has 0 spiro atoms. The Morgan fingerprint density at radius 2 is 1.88 bits per heavy atom. The third-order valence-corrected chi connectivity index (χ3v) is 1.88. The molecule has 0 unspecified atom stereocenters. The van der Waals surface area contributed by atoms with E-state index in [2.05, 4.69) is 4.74 Å². The molecule has 1 aromatic rings. The van der Waals surface area contributed by atoms with Crippen LogP contribution in [0.3, 0.4) is 0 Å². The van der Waals surface area contributed by atoms with Crippen molar-refractivity contribution in [3.8, 4) is 0 Å². The number of ether oxygens (including phenoxy) is 1. The van der Waals surface area contributed by atoms with Gasteiger partial charge in [-0.2, -0.15) is 13.2 Å². The van der Waals surface area contributed by atoms with Gasteiger partial charge in [0.2, 0.25) is 0 Å². The van der Waals surface area contributed by atoms with Crippen molar-refractivity contribution in [3.63, 3.8) is 0 Å². The molecule has 94 valence electrons. The number of hydrogen-bond donors (Lipinski definition) is 0. The molecule has 0 aliphatic rings. The van der Waals surface area contributed by atoms with Gasteiger partial charge in [0.05, 0.1) is 12.2 Å². The van der Waals surface area contributed by atoms with Crippen molar-refractivity contribution in [2.24, 2.45) is 0 Å². The number of benzene rings is 1. The van der Waals surface area contributed by atoms with Gasteiger partial charge in [-0.1, -0.05) is 0 Å². The number of halogens is 5. The van der Waals surface area contributed by atoms with Crippen LogP contribution in [-0.2, 0) is 10.9 Å². The fourth-order valence-electron chi connectivity index (χ4n) is 1.19. The van der Waals surface area contributed by atoms with Gasteiger partial charge in [0.15, 0.2) is 11.6 Å². The van der Waals surface area contributed by atoms with Gasteiger partial charge in [0.25, 0.3) is 0 Å². The molecule has 7 heteroatoms. The Bertz CT molecular complexity index is 439. The summed E-state index contributed by atoms with van der Waals surface area (Å²) in [6.07, 6.45) is -4.96. The first-order valence-corrected chi connectivity index (χ1v) is 4.51. The second-order valence-electron chi connectivity index (χ2n) is 3.00. The first kappa shape index (κ1) is 13.4. The van der Waals surface area contributed by atoms with Crippen LogP contribution in [0.1, 0.15) is 22.8 Å². The van der Waals surface area contributed by atoms with Crippen LogP contribution < -0.4 is 0 Å². The van der Waals surface area contributed by atoms with E-state index in [-0.39, 0.29) is 6.61 Å². The van der Waals surface area contributed by atoms with E-state index in [0.29, 0.717) is 12.1 Å². The first-order valence-electron chi connectivity index (χ1n) is 4.51. The van der Waals surface area contributed by atoms with Crippen LogP contribution in [-0.4, -0.2) is 12.6 Å². The normalized spacial score (nSPS) is 11.4. The maximum atomic E-state index is 13.2. The standard InChI is InChI=1S/C10H7F5O2/c1-2-17-9(16)7-5(10(13,14)15)3-4-6(11)8(7)12/h3-4H,2H2,1H3. The van der Waals surface area contributed by atoms with Crippen LogP contribution in [0.4, 0.5) is 22.0 Å². The van der Waals surface area contributed by atoms with Gasteiger partial charge in [0.1, 0.15) is 5.56 Å². The molecule has 0 amide bonds. The van der Waals surface area contributed by atoms with Crippen molar-refractivity contribution < 1.29 is 31.5 Å². The van der Waals surface area contributed by atoms with E-state index >= 15 is 0 Å². The molecule has 0 saturated heterocycles. The van der Waals surface area contributed by atoms with Crippen LogP contribution >= 0.6 is 0 Å². The summed E-state index contributed by atoms with van der Waals surface area (Å²) >= 11 is 0. The van der Waals surface area contributed by atoms with Crippen LogP contribution in [0.15, 0.2) is 12.1 Å². The molecular formula is C10H7F5O2. The number of hydrogen-bond acceptors (Lipinski definition) is 2. The summed E-state index contributed by atoms with van der Waals surface area (Å²) in [5.41, 5.74) is -2.99. The molecule has 0 bridgehead atoms. The third kappa shape index (κ3) is 2.72. The number of carbonyl (C=O) groups excluding carboxylic acids is 1. The smallest absolute Gasteiger partial charge is 0.417 e. The van der Waals surface area contributed by atoms with Crippen molar-refractivity contribution >= 4 is 5.97 Å². The van der Waals surface area contributed by atoms with Crippen LogP contribution in [0, 0.1) is 11.6 Å². The Morgan fingerprint density at radius 1 is 1.29 bits per heavy atom. The monoisotopic (exact) mass is 254 g/mol. The van der Waals surface area contributed by atoms with Gasteiger partial charge in [-0.3, -0.25) is 0 Å². The summed E-state index contributed by atoms with van der Waals surface area (Å²) in [4.78, 5) is 11.2. The average Bonchev–Trinajstić information content (AvgIpc) is 2.20. The summed E-state index contributed by atoms with van der Waals surface area (Å²) in [6.45, 7) is 1.09. The predicted octanol–water partition coefficient (Wildman–Crippen LogP) is 3.16. The first-order chi connectivity index (χ1) is 7.79. The van der Waals surface area contributed by atoms with Gasteiger partial charge in [-0.25, -0.2) is 13.6 Å². The topological polar surface area (TPSA) is 26.3 Å². The van der Waals surface area contributed by atoms with Gasteiger partial charge in [-0.05, 0) is 19.1 Å². The van der Waals surface area contributed by atoms with Gasteiger partial charge in [-0.15, -0.1) is 0 Å². The molecular weight excluding hydrogens is 247 g/mol. The molecule has 17 heavy (non-hydrogen) atoms. The third-order valence-electron chi connectivity index (χ3n) is 1.88.